The lowest BCUT2D eigenvalue weighted by molar-refractivity contribution is 0.0603. The van der Waals surface area contributed by atoms with Crippen molar-refractivity contribution in [2.24, 2.45) is 0 Å². The van der Waals surface area contributed by atoms with Crippen molar-refractivity contribution in [1.82, 2.24) is 20.1 Å². The molecule has 1 aromatic carbocycles. The number of aryl methyl sites for hydroxylation is 1. The molecule has 1 fully saturated rings. The van der Waals surface area contributed by atoms with Crippen LogP contribution in [0.5, 0.6) is 0 Å². The molecule has 6 heteroatoms. The van der Waals surface area contributed by atoms with Crippen molar-refractivity contribution >= 4 is 17.2 Å². The number of carbonyl (C=O) groups excluding carboxylic acids is 1. The molecule has 1 N–H and O–H groups in total. The molecule has 1 aliphatic rings. The lowest BCUT2D eigenvalue weighted by Gasteiger charge is -2.36. The first kappa shape index (κ1) is 17.0. The van der Waals surface area contributed by atoms with Crippen LogP contribution in [0.2, 0.25) is 0 Å². The number of rotatable bonds is 5. The lowest BCUT2D eigenvalue weighted by atomic mass is 9.95. The minimum atomic E-state index is 0.105. The van der Waals surface area contributed by atoms with Gasteiger partial charge in [0.15, 0.2) is 5.82 Å². The van der Waals surface area contributed by atoms with Crippen molar-refractivity contribution < 1.29 is 4.79 Å². The Labute approximate surface area is 157 Å². The summed E-state index contributed by atoms with van der Waals surface area (Å²) in [7, 11) is 0. The average molecular weight is 366 g/mol. The fraction of sp³-hybridized carbons (Fsp3) is 0.350. The predicted octanol–water partition coefficient (Wildman–Crippen LogP) is 4.16. The van der Waals surface area contributed by atoms with Crippen LogP contribution in [0.25, 0.3) is 11.4 Å². The Morgan fingerprint density at radius 3 is 2.96 bits per heavy atom. The van der Waals surface area contributed by atoms with Crippen LogP contribution >= 0.6 is 11.3 Å². The zero-order valence-corrected chi connectivity index (χ0v) is 15.4. The molecule has 0 bridgehead atoms. The summed E-state index contributed by atoms with van der Waals surface area (Å²) in [6.45, 7) is 0.832. The van der Waals surface area contributed by atoms with Gasteiger partial charge >= 0.3 is 0 Å². The average Bonchev–Trinajstić information content (AvgIpc) is 3.40. The van der Waals surface area contributed by atoms with Gasteiger partial charge in [0.25, 0.3) is 5.91 Å². The van der Waals surface area contributed by atoms with E-state index >= 15 is 0 Å². The molecule has 1 atom stereocenters. The van der Waals surface area contributed by atoms with Gasteiger partial charge in [0.2, 0.25) is 0 Å². The molecule has 2 aromatic heterocycles. The van der Waals surface area contributed by atoms with Crippen LogP contribution in [0.3, 0.4) is 0 Å². The summed E-state index contributed by atoms with van der Waals surface area (Å²) in [6.07, 6.45) is 6.89. The van der Waals surface area contributed by atoms with Crippen molar-refractivity contribution in [3.05, 3.63) is 58.5 Å². The van der Waals surface area contributed by atoms with E-state index in [1.807, 2.05) is 24.3 Å². The van der Waals surface area contributed by atoms with E-state index in [1.165, 1.54) is 17.6 Å². The standard InChI is InChI=1S/C20H22N4OS/c25-20(18-9-2-1-8-17(18)19-21-14-22-23-19)24-12-4-3-6-15(24)10-11-16-7-5-13-26-16/h1-2,5,7-9,13-15H,3-4,6,10-12H2,(H,21,22,23)/t15-/m1/s1. The van der Waals surface area contributed by atoms with E-state index in [4.69, 9.17) is 0 Å². The number of benzene rings is 1. The van der Waals surface area contributed by atoms with E-state index in [0.717, 1.165) is 37.8 Å². The molecule has 1 saturated heterocycles. The summed E-state index contributed by atoms with van der Waals surface area (Å²) in [5.74, 6) is 0.744. The van der Waals surface area contributed by atoms with Crippen molar-refractivity contribution in [2.75, 3.05) is 6.54 Å². The normalized spacial score (nSPS) is 17.4. The molecule has 0 saturated carbocycles. The second kappa shape index (κ2) is 7.83. The highest BCUT2D eigenvalue weighted by Crippen LogP contribution is 2.27. The Balaban J connectivity index is 1.56. The first-order valence-electron chi connectivity index (χ1n) is 9.11. The summed E-state index contributed by atoms with van der Waals surface area (Å²) in [4.78, 5) is 21.1. The van der Waals surface area contributed by atoms with E-state index in [1.54, 1.807) is 11.3 Å². The van der Waals surface area contributed by atoms with E-state index in [0.29, 0.717) is 17.4 Å². The predicted molar refractivity (Wildman–Crippen MR) is 103 cm³/mol. The molecule has 0 unspecified atom stereocenters. The van der Waals surface area contributed by atoms with E-state index in [9.17, 15) is 4.79 Å². The van der Waals surface area contributed by atoms with Crippen LogP contribution in [0.15, 0.2) is 48.1 Å². The summed E-state index contributed by atoms with van der Waals surface area (Å²) >= 11 is 1.80. The molecule has 1 amide bonds. The van der Waals surface area contributed by atoms with E-state index < -0.39 is 0 Å². The highest BCUT2D eigenvalue weighted by molar-refractivity contribution is 7.09. The first-order chi connectivity index (χ1) is 12.8. The number of hydrogen-bond acceptors (Lipinski definition) is 4. The Bertz CT molecular complexity index is 845. The second-order valence-electron chi connectivity index (χ2n) is 6.65. The van der Waals surface area contributed by atoms with E-state index in [-0.39, 0.29) is 5.91 Å². The number of nitrogens with one attached hydrogen (secondary N) is 1. The van der Waals surface area contributed by atoms with Gasteiger partial charge in [-0.1, -0.05) is 24.3 Å². The molecule has 0 spiro atoms. The maximum Gasteiger partial charge on any atom is 0.254 e. The number of thiophene rings is 1. The molecule has 5 nitrogen and oxygen atoms in total. The molecule has 3 heterocycles. The summed E-state index contributed by atoms with van der Waals surface area (Å²) in [5.41, 5.74) is 1.52. The van der Waals surface area contributed by atoms with Crippen molar-refractivity contribution in [2.45, 2.75) is 38.1 Å². The van der Waals surface area contributed by atoms with Crippen LogP contribution in [0, 0.1) is 0 Å². The second-order valence-corrected chi connectivity index (χ2v) is 7.68. The zero-order chi connectivity index (χ0) is 17.8. The molecule has 4 rings (SSSR count). The molecule has 0 aliphatic carbocycles. The Morgan fingerprint density at radius 2 is 2.15 bits per heavy atom. The monoisotopic (exact) mass is 366 g/mol. The summed E-state index contributed by atoms with van der Waals surface area (Å²) < 4.78 is 0. The fourth-order valence-electron chi connectivity index (χ4n) is 3.70. The number of piperidine rings is 1. The Morgan fingerprint density at radius 1 is 1.23 bits per heavy atom. The van der Waals surface area contributed by atoms with Gasteiger partial charge < -0.3 is 4.90 Å². The van der Waals surface area contributed by atoms with Gasteiger partial charge in [-0.15, -0.1) is 11.3 Å². The largest absolute Gasteiger partial charge is 0.336 e. The van der Waals surface area contributed by atoms with Gasteiger partial charge in [0, 0.05) is 23.0 Å². The smallest absolute Gasteiger partial charge is 0.254 e. The van der Waals surface area contributed by atoms with E-state index in [2.05, 4.69) is 37.6 Å². The zero-order valence-electron chi connectivity index (χ0n) is 14.6. The third kappa shape index (κ3) is 3.55. The lowest BCUT2D eigenvalue weighted by Crippen LogP contribution is -2.44. The maximum atomic E-state index is 13.4. The van der Waals surface area contributed by atoms with Gasteiger partial charge in [-0.3, -0.25) is 9.89 Å². The third-order valence-electron chi connectivity index (χ3n) is 5.02. The van der Waals surface area contributed by atoms with Gasteiger partial charge in [-0.2, -0.15) is 5.10 Å². The quantitative estimate of drug-likeness (QED) is 0.737. The Hall–Kier alpha value is -2.47. The highest BCUT2D eigenvalue weighted by Gasteiger charge is 2.29. The number of amides is 1. The summed E-state index contributed by atoms with van der Waals surface area (Å²) in [5, 5.41) is 8.92. The number of aromatic nitrogens is 3. The first-order valence-corrected chi connectivity index (χ1v) is 9.99. The van der Waals surface area contributed by atoms with Crippen molar-refractivity contribution in [3.63, 3.8) is 0 Å². The molecular formula is C20H22N4OS. The van der Waals surface area contributed by atoms with Crippen molar-refractivity contribution in [3.8, 4) is 11.4 Å². The Kier molecular flexibility index (Phi) is 5.11. The molecular weight excluding hydrogens is 344 g/mol. The van der Waals surface area contributed by atoms with Crippen LogP contribution in [-0.2, 0) is 6.42 Å². The van der Waals surface area contributed by atoms with Gasteiger partial charge in [-0.05, 0) is 49.6 Å². The van der Waals surface area contributed by atoms with Crippen LogP contribution in [-0.4, -0.2) is 38.6 Å². The van der Waals surface area contributed by atoms with Gasteiger partial charge in [0.1, 0.15) is 6.33 Å². The molecule has 26 heavy (non-hydrogen) atoms. The van der Waals surface area contributed by atoms with Crippen LogP contribution in [0.4, 0.5) is 0 Å². The molecule has 0 radical (unpaired) electrons. The van der Waals surface area contributed by atoms with Gasteiger partial charge in [0.05, 0.1) is 5.56 Å². The SMILES string of the molecule is O=C(c1ccccc1-c1ncn[nH]1)N1CCCC[C@@H]1CCc1cccs1. The minimum absolute atomic E-state index is 0.105. The molecule has 134 valence electrons. The van der Waals surface area contributed by atoms with Crippen LogP contribution < -0.4 is 0 Å². The maximum absolute atomic E-state index is 13.4. The highest BCUT2D eigenvalue weighted by atomic mass is 32.1. The summed E-state index contributed by atoms with van der Waals surface area (Å²) in [6, 6.07) is 12.2. The number of aromatic amines is 1. The number of H-pyrrole nitrogens is 1. The number of likely N-dealkylation sites (tertiary alicyclic amines) is 1. The third-order valence-corrected chi connectivity index (χ3v) is 5.96. The van der Waals surface area contributed by atoms with Crippen LogP contribution in [0.1, 0.15) is 40.9 Å². The van der Waals surface area contributed by atoms with Crippen molar-refractivity contribution in [1.29, 1.82) is 0 Å². The number of hydrogen-bond donors (Lipinski definition) is 1. The molecule has 3 aromatic rings. The topological polar surface area (TPSA) is 61.9 Å². The molecule has 1 aliphatic heterocycles. The van der Waals surface area contributed by atoms with Gasteiger partial charge in [-0.25, -0.2) is 4.98 Å². The fourth-order valence-corrected chi connectivity index (χ4v) is 4.42. The minimum Gasteiger partial charge on any atom is -0.336 e. The number of carbonyl (C=O) groups is 1. The number of nitrogens with zero attached hydrogens (tertiary/aromatic N) is 3.